The van der Waals surface area contributed by atoms with Crippen LogP contribution in [-0.2, 0) is 4.74 Å². The van der Waals surface area contributed by atoms with Gasteiger partial charge in [-0.2, -0.15) is 0 Å². The maximum absolute atomic E-state index is 11.6. The van der Waals surface area contributed by atoms with E-state index in [1.807, 2.05) is 24.3 Å². The SMILES string of the molecule is COC(=O)c1cccc(-c2nc3ccc(OC)cc3[nH]2)c1. The van der Waals surface area contributed by atoms with E-state index in [9.17, 15) is 4.79 Å². The molecular weight excluding hydrogens is 268 g/mol. The van der Waals surface area contributed by atoms with Crippen molar-refractivity contribution >= 4 is 17.0 Å². The average Bonchev–Trinajstić information content (AvgIpc) is 2.97. The molecule has 0 spiro atoms. The van der Waals surface area contributed by atoms with E-state index in [1.54, 1.807) is 25.3 Å². The number of imidazole rings is 1. The Morgan fingerprint density at radius 2 is 2.00 bits per heavy atom. The van der Waals surface area contributed by atoms with Crippen LogP contribution in [0.15, 0.2) is 42.5 Å². The summed E-state index contributed by atoms with van der Waals surface area (Å²) in [6.45, 7) is 0. The molecule has 3 aromatic rings. The van der Waals surface area contributed by atoms with Crippen LogP contribution in [0.1, 0.15) is 10.4 Å². The number of esters is 1. The lowest BCUT2D eigenvalue weighted by Crippen LogP contribution is -2.00. The molecule has 106 valence electrons. The highest BCUT2D eigenvalue weighted by Crippen LogP contribution is 2.24. The highest BCUT2D eigenvalue weighted by atomic mass is 16.5. The summed E-state index contributed by atoms with van der Waals surface area (Å²) in [6, 6.07) is 12.8. The van der Waals surface area contributed by atoms with E-state index in [2.05, 4.69) is 9.97 Å². The van der Waals surface area contributed by atoms with Crippen molar-refractivity contribution in [3.63, 3.8) is 0 Å². The summed E-state index contributed by atoms with van der Waals surface area (Å²) in [5.41, 5.74) is 3.04. The highest BCUT2D eigenvalue weighted by molar-refractivity contribution is 5.91. The quantitative estimate of drug-likeness (QED) is 0.750. The standard InChI is InChI=1S/C16H14N2O3/c1-20-12-6-7-13-14(9-12)18-15(17-13)10-4-3-5-11(8-10)16(19)21-2/h3-9H,1-2H3,(H,17,18). The molecule has 1 heterocycles. The Kier molecular flexibility index (Phi) is 3.31. The first-order valence-corrected chi connectivity index (χ1v) is 6.44. The Morgan fingerprint density at radius 1 is 1.14 bits per heavy atom. The van der Waals surface area contributed by atoms with Crippen molar-refractivity contribution < 1.29 is 14.3 Å². The monoisotopic (exact) mass is 282 g/mol. The molecule has 0 aliphatic rings. The summed E-state index contributed by atoms with van der Waals surface area (Å²) in [7, 11) is 2.99. The summed E-state index contributed by atoms with van der Waals surface area (Å²) in [5.74, 6) is 1.10. The number of ether oxygens (including phenoxy) is 2. The van der Waals surface area contributed by atoms with Crippen molar-refractivity contribution in [3.8, 4) is 17.1 Å². The number of benzene rings is 2. The van der Waals surface area contributed by atoms with Gasteiger partial charge in [0.15, 0.2) is 0 Å². The van der Waals surface area contributed by atoms with Crippen LogP contribution < -0.4 is 4.74 Å². The van der Waals surface area contributed by atoms with E-state index in [0.717, 1.165) is 22.3 Å². The fraction of sp³-hybridized carbons (Fsp3) is 0.125. The molecule has 0 saturated heterocycles. The summed E-state index contributed by atoms with van der Waals surface area (Å²) < 4.78 is 9.92. The molecule has 21 heavy (non-hydrogen) atoms. The number of carbonyl (C=O) groups excluding carboxylic acids is 1. The normalized spacial score (nSPS) is 10.6. The molecule has 0 aliphatic heterocycles. The van der Waals surface area contributed by atoms with Gasteiger partial charge in [0.25, 0.3) is 0 Å². The Labute approximate surface area is 121 Å². The number of nitrogens with zero attached hydrogens (tertiary/aromatic N) is 1. The van der Waals surface area contributed by atoms with Crippen LogP contribution in [0.4, 0.5) is 0 Å². The molecule has 0 fully saturated rings. The number of hydrogen-bond acceptors (Lipinski definition) is 4. The lowest BCUT2D eigenvalue weighted by atomic mass is 10.1. The van der Waals surface area contributed by atoms with Gasteiger partial charge in [0.2, 0.25) is 0 Å². The number of H-pyrrole nitrogens is 1. The summed E-state index contributed by atoms with van der Waals surface area (Å²) in [5, 5.41) is 0. The molecule has 5 heteroatoms. The molecule has 2 aromatic carbocycles. The van der Waals surface area contributed by atoms with E-state index in [1.165, 1.54) is 7.11 Å². The third-order valence-corrected chi connectivity index (χ3v) is 3.25. The minimum atomic E-state index is -0.366. The van der Waals surface area contributed by atoms with Crippen molar-refractivity contribution in [3.05, 3.63) is 48.0 Å². The molecule has 0 atom stereocenters. The summed E-state index contributed by atoms with van der Waals surface area (Å²) in [4.78, 5) is 19.3. The van der Waals surface area contributed by atoms with Crippen LogP contribution >= 0.6 is 0 Å². The van der Waals surface area contributed by atoms with Crippen molar-refractivity contribution in [2.75, 3.05) is 14.2 Å². The zero-order valence-corrected chi connectivity index (χ0v) is 11.7. The maximum atomic E-state index is 11.6. The van der Waals surface area contributed by atoms with Crippen molar-refractivity contribution in [1.29, 1.82) is 0 Å². The molecule has 1 aromatic heterocycles. The second-order valence-electron chi connectivity index (χ2n) is 4.54. The number of methoxy groups -OCH3 is 2. The first kappa shape index (κ1) is 13.2. The zero-order valence-electron chi connectivity index (χ0n) is 11.7. The second kappa shape index (κ2) is 5.28. The van der Waals surface area contributed by atoms with E-state index in [0.29, 0.717) is 11.4 Å². The van der Waals surface area contributed by atoms with Gasteiger partial charge in [-0.3, -0.25) is 0 Å². The lowest BCUT2D eigenvalue weighted by molar-refractivity contribution is 0.0601. The number of fused-ring (bicyclic) bond motifs is 1. The minimum Gasteiger partial charge on any atom is -0.497 e. The number of carbonyl (C=O) groups is 1. The molecular formula is C16H14N2O3. The third-order valence-electron chi connectivity index (χ3n) is 3.25. The van der Waals surface area contributed by atoms with Crippen LogP contribution in [0.5, 0.6) is 5.75 Å². The molecule has 0 amide bonds. The van der Waals surface area contributed by atoms with E-state index >= 15 is 0 Å². The molecule has 0 bridgehead atoms. The first-order valence-electron chi connectivity index (χ1n) is 6.44. The van der Waals surface area contributed by atoms with Crippen molar-refractivity contribution in [2.24, 2.45) is 0 Å². The predicted octanol–water partition coefficient (Wildman–Crippen LogP) is 3.03. The van der Waals surface area contributed by atoms with E-state index < -0.39 is 0 Å². The minimum absolute atomic E-state index is 0.366. The van der Waals surface area contributed by atoms with Crippen LogP contribution in [-0.4, -0.2) is 30.2 Å². The predicted molar refractivity (Wildman–Crippen MR) is 79.4 cm³/mol. The first-order chi connectivity index (χ1) is 10.2. The average molecular weight is 282 g/mol. The van der Waals surface area contributed by atoms with Crippen molar-refractivity contribution in [1.82, 2.24) is 9.97 Å². The molecule has 0 unspecified atom stereocenters. The second-order valence-corrected chi connectivity index (χ2v) is 4.54. The van der Waals surface area contributed by atoms with Crippen LogP contribution in [0.2, 0.25) is 0 Å². The highest BCUT2D eigenvalue weighted by Gasteiger charge is 2.10. The van der Waals surface area contributed by atoms with Gasteiger partial charge in [0.05, 0.1) is 30.8 Å². The van der Waals surface area contributed by atoms with Gasteiger partial charge in [0, 0.05) is 11.6 Å². The molecule has 0 aliphatic carbocycles. The number of rotatable bonds is 3. The Morgan fingerprint density at radius 3 is 2.76 bits per heavy atom. The molecule has 5 nitrogen and oxygen atoms in total. The third kappa shape index (κ3) is 2.45. The fourth-order valence-corrected chi connectivity index (χ4v) is 2.16. The Bertz CT molecular complexity index is 808. The van der Waals surface area contributed by atoms with Crippen LogP contribution in [0.3, 0.4) is 0 Å². The number of hydrogen-bond donors (Lipinski definition) is 1. The van der Waals surface area contributed by atoms with Gasteiger partial charge in [-0.15, -0.1) is 0 Å². The Hall–Kier alpha value is -2.82. The van der Waals surface area contributed by atoms with Gasteiger partial charge in [-0.05, 0) is 24.3 Å². The Balaban J connectivity index is 2.05. The molecule has 0 saturated carbocycles. The van der Waals surface area contributed by atoms with Gasteiger partial charge in [-0.1, -0.05) is 12.1 Å². The van der Waals surface area contributed by atoms with E-state index in [4.69, 9.17) is 9.47 Å². The maximum Gasteiger partial charge on any atom is 0.337 e. The van der Waals surface area contributed by atoms with Crippen LogP contribution in [0, 0.1) is 0 Å². The summed E-state index contributed by atoms with van der Waals surface area (Å²) >= 11 is 0. The van der Waals surface area contributed by atoms with Crippen LogP contribution in [0.25, 0.3) is 22.4 Å². The summed E-state index contributed by atoms with van der Waals surface area (Å²) in [6.07, 6.45) is 0. The van der Waals surface area contributed by atoms with E-state index in [-0.39, 0.29) is 5.97 Å². The molecule has 1 N–H and O–H groups in total. The zero-order chi connectivity index (χ0) is 14.8. The topological polar surface area (TPSA) is 64.2 Å². The van der Waals surface area contributed by atoms with Gasteiger partial charge < -0.3 is 14.5 Å². The number of aromatic nitrogens is 2. The number of nitrogens with one attached hydrogen (secondary N) is 1. The van der Waals surface area contributed by atoms with Crippen molar-refractivity contribution in [2.45, 2.75) is 0 Å². The number of aromatic amines is 1. The molecule has 3 rings (SSSR count). The smallest absolute Gasteiger partial charge is 0.337 e. The molecule has 0 radical (unpaired) electrons. The lowest BCUT2D eigenvalue weighted by Gasteiger charge is -2.01. The largest absolute Gasteiger partial charge is 0.497 e. The van der Waals surface area contributed by atoms with Gasteiger partial charge in [0.1, 0.15) is 11.6 Å². The van der Waals surface area contributed by atoms with Gasteiger partial charge in [-0.25, -0.2) is 9.78 Å². The fourth-order valence-electron chi connectivity index (χ4n) is 2.16. The van der Waals surface area contributed by atoms with Gasteiger partial charge >= 0.3 is 5.97 Å².